The molecule has 0 bridgehead atoms. The third kappa shape index (κ3) is 5.54. The Morgan fingerprint density at radius 2 is 1.65 bits per heavy atom. The summed E-state index contributed by atoms with van der Waals surface area (Å²) in [5, 5.41) is 14.3. The van der Waals surface area contributed by atoms with Crippen LogP contribution in [0.2, 0.25) is 5.02 Å². The van der Waals surface area contributed by atoms with Crippen molar-refractivity contribution in [2.24, 2.45) is 0 Å². The number of aryl methyl sites for hydroxylation is 1. The molecule has 37 heavy (non-hydrogen) atoms. The van der Waals surface area contributed by atoms with E-state index in [1.54, 1.807) is 30.5 Å². The lowest BCUT2D eigenvalue weighted by molar-refractivity contribution is 0.188. The first-order valence-electron chi connectivity index (χ1n) is 12.3. The van der Waals surface area contributed by atoms with Gasteiger partial charge in [0.05, 0.1) is 18.5 Å². The molecule has 3 aromatic carbocycles. The predicted molar refractivity (Wildman–Crippen MR) is 147 cm³/mol. The fourth-order valence-corrected chi connectivity index (χ4v) is 4.71. The molecule has 0 unspecified atom stereocenters. The van der Waals surface area contributed by atoms with Crippen LogP contribution in [-0.2, 0) is 0 Å². The number of aromatic nitrogens is 2. The van der Waals surface area contributed by atoms with Gasteiger partial charge in [-0.25, -0.2) is 0 Å². The minimum absolute atomic E-state index is 0.131. The average molecular weight is 517 g/mol. The summed E-state index contributed by atoms with van der Waals surface area (Å²) in [6.45, 7) is 5.83. The summed E-state index contributed by atoms with van der Waals surface area (Å²) >= 11 is 6.05. The molecule has 1 aliphatic rings. The van der Waals surface area contributed by atoms with Crippen molar-refractivity contribution < 1.29 is 9.84 Å². The number of benzene rings is 3. The van der Waals surface area contributed by atoms with Gasteiger partial charge in [-0.2, -0.15) is 9.78 Å². The second-order valence-corrected chi connectivity index (χ2v) is 9.48. The smallest absolute Gasteiger partial charge is 0.316 e. The van der Waals surface area contributed by atoms with Crippen molar-refractivity contribution in [3.8, 4) is 28.3 Å². The van der Waals surface area contributed by atoms with Gasteiger partial charge in [-0.1, -0.05) is 48.0 Å². The van der Waals surface area contributed by atoms with Gasteiger partial charge in [0, 0.05) is 37.7 Å². The highest BCUT2D eigenvalue weighted by Crippen LogP contribution is 2.32. The van der Waals surface area contributed by atoms with Gasteiger partial charge in [0.15, 0.2) is 0 Å². The lowest BCUT2D eigenvalue weighted by Gasteiger charge is -2.36. The van der Waals surface area contributed by atoms with Crippen molar-refractivity contribution in [3.63, 3.8) is 0 Å². The standard InChI is InChI=1S/C29H29ClN4O3/c1-21-4-2-3-5-26(21)22-6-12-25(13-7-22)37-28-27(33-16-14-32(15-17-33)18-19-35)20-31-34(29(28)36)24-10-8-23(30)9-11-24/h2-13,20,35H,14-19H2,1H3. The summed E-state index contributed by atoms with van der Waals surface area (Å²) in [6, 6.07) is 23.0. The minimum Gasteiger partial charge on any atom is -0.449 e. The van der Waals surface area contributed by atoms with Crippen LogP contribution in [-0.4, -0.2) is 59.1 Å². The number of hydrogen-bond acceptors (Lipinski definition) is 6. The van der Waals surface area contributed by atoms with Crippen molar-refractivity contribution in [3.05, 3.63) is 99.9 Å². The van der Waals surface area contributed by atoms with E-state index < -0.39 is 0 Å². The number of anilines is 1. The lowest BCUT2D eigenvalue weighted by Crippen LogP contribution is -2.47. The van der Waals surface area contributed by atoms with Crippen molar-refractivity contribution in [1.29, 1.82) is 0 Å². The van der Waals surface area contributed by atoms with Gasteiger partial charge in [-0.3, -0.25) is 9.69 Å². The number of halogens is 1. The molecule has 0 amide bonds. The van der Waals surface area contributed by atoms with Gasteiger partial charge in [0.1, 0.15) is 11.4 Å². The van der Waals surface area contributed by atoms with Crippen molar-refractivity contribution in [2.45, 2.75) is 6.92 Å². The number of aliphatic hydroxyl groups is 1. The zero-order valence-electron chi connectivity index (χ0n) is 20.7. The molecule has 5 rings (SSSR count). The van der Waals surface area contributed by atoms with Crippen molar-refractivity contribution in [1.82, 2.24) is 14.7 Å². The molecule has 7 nitrogen and oxygen atoms in total. The molecular weight excluding hydrogens is 488 g/mol. The van der Waals surface area contributed by atoms with Gasteiger partial charge in [-0.05, 0) is 60.0 Å². The Morgan fingerprint density at radius 3 is 2.32 bits per heavy atom. The highest BCUT2D eigenvalue weighted by Gasteiger charge is 2.24. The Balaban J connectivity index is 1.49. The highest BCUT2D eigenvalue weighted by molar-refractivity contribution is 6.30. The number of rotatable bonds is 7. The van der Waals surface area contributed by atoms with Crippen LogP contribution in [0.3, 0.4) is 0 Å². The first kappa shape index (κ1) is 25.0. The molecule has 2 heterocycles. The summed E-state index contributed by atoms with van der Waals surface area (Å²) in [4.78, 5) is 18.0. The molecule has 190 valence electrons. The molecule has 0 aliphatic carbocycles. The van der Waals surface area contributed by atoms with Crippen LogP contribution < -0.4 is 15.2 Å². The van der Waals surface area contributed by atoms with Crippen molar-refractivity contribution >= 4 is 17.3 Å². The molecule has 1 N–H and O–H groups in total. The Kier molecular flexibility index (Phi) is 7.55. The van der Waals surface area contributed by atoms with E-state index in [4.69, 9.17) is 16.3 Å². The third-order valence-electron chi connectivity index (χ3n) is 6.65. The van der Waals surface area contributed by atoms with Gasteiger partial charge in [0.2, 0.25) is 5.75 Å². The molecule has 0 spiro atoms. The van der Waals surface area contributed by atoms with Gasteiger partial charge >= 0.3 is 5.56 Å². The van der Waals surface area contributed by atoms with Crippen LogP contribution in [0.4, 0.5) is 5.69 Å². The number of hydrogen-bond donors (Lipinski definition) is 1. The van der Waals surface area contributed by atoms with Crippen LogP contribution in [0, 0.1) is 6.92 Å². The fourth-order valence-electron chi connectivity index (χ4n) is 4.59. The summed E-state index contributed by atoms with van der Waals surface area (Å²) in [5.74, 6) is 0.799. The molecule has 1 fully saturated rings. The molecule has 8 heteroatoms. The second kappa shape index (κ2) is 11.2. The van der Waals surface area contributed by atoms with Crippen LogP contribution in [0.1, 0.15) is 5.56 Å². The number of aliphatic hydroxyl groups excluding tert-OH is 1. The third-order valence-corrected chi connectivity index (χ3v) is 6.90. The monoisotopic (exact) mass is 516 g/mol. The van der Waals surface area contributed by atoms with Gasteiger partial charge in [0.25, 0.3) is 0 Å². The van der Waals surface area contributed by atoms with E-state index in [2.05, 4.69) is 34.0 Å². The number of piperazine rings is 1. The number of β-amino-alcohol motifs (C(OH)–C–C–N with tert-alkyl or cyclic N) is 1. The maximum absolute atomic E-state index is 13.7. The highest BCUT2D eigenvalue weighted by atomic mass is 35.5. The number of ether oxygens (including phenoxy) is 1. The van der Waals surface area contributed by atoms with Gasteiger partial charge < -0.3 is 14.7 Å². The maximum Gasteiger partial charge on any atom is 0.316 e. The topological polar surface area (TPSA) is 70.8 Å². The first-order chi connectivity index (χ1) is 18.0. The Bertz CT molecular complexity index is 1410. The van der Waals surface area contributed by atoms with E-state index in [1.807, 2.05) is 36.4 Å². The zero-order chi connectivity index (χ0) is 25.8. The van der Waals surface area contributed by atoms with E-state index >= 15 is 0 Å². The van der Waals surface area contributed by atoms with Crippen LogP contribution in [0.25, 0.3) is 16.8 Å². The Hall–Kier alpha value is -3.65. The molecule has 0 radical (unpaired) electrons. The summed E-state index contributed by atoms with van der Waals surface area (Å²) in [5.41, 5.74) is 4.35. The Morgan fingerprint density at radius 1 is 0.946 bits per heavy atom. The molecule has 4 aromatic rings. The molecule has 0 saturated carbocycles. The molecule has 1 aromatic heterocycles. The first-order valence-corrected chi connectivity index (χ1v) is 12.7. The second-order valence-electron chi connectivity index (χ2n) is 9.05. The largest absolute Gasteiger partial charge is 0.449 e. The fraction of sp³-hybridized carbons (Fsp3) is 0.241. The normalized spacial score (nSPS) is 14.1. The summed E-state index contributed by atoms with van der Waals surface area (Å²) in [6.07, 6.45) is 1.69. The van der Waals surface area contributed by atoms with Crippen LogP contribution >= 0.6 is 11.6 Å². The molecule has 1 aliphatic heterocycles. The van der Waals surface area contributed by atoms with Crippen LogP contribution in [0.5, 0.6) is 11.5 Å². The van der Waals surface area contributed by atoms with E-state index in [0.29, 0.717) is 41.8 Å². The molecule has 1 saturated heterocycles. The lowest BCUT2D eigenvalue weighted by atomic mass is 10.0. The SMILES string of the molecule is Cc1ccccc1-c1ccc(Oc2c(N3CCN(CCO)CC3)cnn(-c3ccc(Cl)cc3)c2=O)cc1. The Labute approximate surface area is 221 Å². The number of nitrogens with zero attached hydrogens (tertiary/aromatic N) is 4. The summed E-state index contributed by atoms with van der Waals surface area (Å²) < 4.78 is 7.61. The summed E-state index contributed by atoms with van der Waals surface area (Å²) in [7, 11) is 0. The minimum atomic E-state index is -0.347. The van der Waals surface area contributed by atoms with Crippen molar-refractivity contribution in [2.75, 3.05) is 44.2 Å². The van der Waals surface area contributed by atoms with Crippen LogP contribution in [0.15, 0.2) is 83.8 Å². The molecular formula is C29H29ClN4O3. The zero-order valence-corrected chi connectivity index (χ0v) is 21.4. The average Bonchev–Trinajstić information content (AvgIpc) is 2.92. The van der Waals surface area contributed by atoms with Gasteiger partial charge in [-0.15, -0.1) is 0 Å². The predicted octanol–water partition coefficient (Wildman–Crippen LogP) is 4.77. The van der Waals surface area contributed by atoms with E-state index in [0.717, 1.165) is 24.2 Å². The quantitative estimate of drug-likeness (QED) is 0.381. The van der Waals surface area contributed by atoms with E-state index in [9.17, 15) is 9.90 Å². The maximum atomic E-state index is 13.7. The molecule has 0 atom stereocenters. The van der Waals surface area contributed by atoms with E-state index in [1.165, 1.54) is 10.2 Å². The van der Waals surface area contributed by atoms with E-state index in [-0.39, 0.29) is 17.9 Å².